The molecule has 0 radical (unpaired) electrons. The van der Waals surface area contributed by atoms with Gasteiger partial charge in [-0.2, -0.15) is 0 Å². The molecule has 0 amide bonds. The van der Waals surface area contributed by atoms with E-state index >= 15 is 0 Å². The van der Waals surface area contributed by atoms with Crippen molar-refractivity contribution in [3.8, 4) is 0 Å². The van der Waals surface area contributed by atoms with E-state index in [1.165, 1.54) is 18.4 Å². The maximum absolute atomic E-state index is 3.79. The molecule has 1 saturated heterocycles. The van der Waals surface area contributed by atoms with Gasteiger partial charge in [-0.25, -0.2) is 0 Å². The molecule has 1 aromatic rings. The third-order valence-electron chi connectivity index (χ3n) is 4.47. The lowest BCUT2D eigenvalue weighted by Crippen LogP contribution is -2.59. The molecule has 2 nitrogen and oxygen atoms in total. The molecule has 0 bridgehead atoms. The highest BCUT2D eigenvalue weighted by Crippen LogP contribution is 2.42. The Labute approximate surface area is 104 Å². The largest absolute Gasteiger partial charge is 0.308 e. The molecule has 1 heterocycles. The Morgan fingerprint density at radius 1 is 1.24 bits per heavy atom. The Kier molecular flexibility index (Phi) is 2.72. The minimum Gasteiger partial charge on any atom is -0.308 e. The molecule has 17 heavy (non-hydrogen) atoms. The summed E-state index contributed by atoms with van der Waals surface area (Å²) in [6.07, 6.45) is 2.82. The molecular weight excluding hydrogens is 208 g/mol. The molecule has 2 heteroatoms. The molecule has 1 saturated carbocycles. The smallest absolute Gasteiger partial charge is 0.0470 e. The van der Waals surface area contributed by atoms with Gasteiger partial charge in [0.25, 0.3) is 0 Å². The van der Waals surface area contributed by atoms with E-state index in [-0.39, 0.29) is 0 Å². The van der Waals surface area contributed by atoms with Gasteiger partial charge < -0.3 is 5.32 Å². The molecular formula is C15H22N2. The summed E-state index contributed by atoms with van der Waals surface area (Å²) in [5.41, 5.74) is 1.78. The van der Waals surface area contributed by atoms with Gasteiger partial charge in [0.05, 0.1) is 0 Å². The molecule has 1 aliphatic heterocycles. The first-order chi connectivity index (χ1) is 8.19. The van der Waals surface area contributed by atoms with Crippen molar-refractivity contribution in [2.24, 2.45) is 5.92 Å². The Bertz CT molecular complexity index is 385. The molecule has 92 valence electrons. The molecule has 1 N–H and O–H groups in total. The SMILES string of the molecule is CN1CC(C)(C2CC2)NCC1c1ccccc1. The first-order valence-corrected chi connectivity index (χ1v) is 6.69. The van der Waals surface area contributed by atoms with Crippen LogP contribution in [0.3, 0.4) is 0 Å². The van der Waals surface area contributed by atoms with E-state index in [2.05, 4.69) is 54.5 Å². The van der Waals surface area contributed by atoms with Crippen LogP contribution >= 0.6 is 0 Å². The summed E-state index contributed by atoms with van der Waals surface area (Å²) in [4.78, 5) is 2.52. The second-order valence-electron chi connectivity index (χ2n) is 5.91. The van der Waals surface area contributed by atoms with E-state index in [1.807, 2.05) is 0 Å². The van der Waals surface area contributed by atoms with Crippen molar-refractivity contribution in [3.05, 3.63) is 35.9 Å². The summed E-state index contributed by atoms with van der Waals surface area (Å²) >= 11 is 0. The Hall–Kier alpha value is -0.860. The van der Waals surface area contributed by atoms with E-state index in [0.717, 1.165) is 19.0 Å². The van der Waals surface area contributed by atoms with Gasteiger partial charge in [0, 0.05) is 24.7 Å². The molecule has 2 unspecified atom stereocenters. The number of piperazine rings is 1. The highest BCUT2D eigenvalue weighted by Gasteiger charge is 2.45. The Morgan fingerprint density at radius 3 is 2.53 bits per heavy atom. The summed E-state index contributed by atoms with van der Waals surface area (Å²) < 4.78 is 0. The zero-order valence-corrected chi connectivity index (χ0v) is 10.8. The third kappa shape index (κ3) is 2.12. The number of benzene rings is 1. The summed E-state index contributed by atoms with van der Waals surface area (Å²) in [5.74, 6) is 0.904. The monoisotopic (exact) mass is 230 g/mol. The van der Waals surface area contributed by atoms with Crippen molar-refractivity contribution >= 4 is 0 Å². The highest BCUT2D eigenvalue weighted by atomic mass is 15.2. The number of hydrogen-bond donors (Lipinski definition) is 1. The van der Waals surface area contributed by atoms with Crippen LogP contribution in [0.1, 0.15) is 31.4 Å². The predicted octanol–water partition coefficient (Wildman–Crippen LogP) is 2.43. The van der Waals surface area contributed by atoms with Crippen LogP contribution in [-0.2, 0) is 0 Å². The zero-order chi connectivity index (χ0) is 11.9. The van der Waals surface area contributed by atoms with Gasteiger partial charge in [0.2, 0.25) is 0 Å². The van der Waals surface area contributed by atoms with Crippen LogP contribution in [0.2, 0.25) is 0 Å². The van der Waals surface area contributed by atoms with Crippen LogP contribution in [0.5, 0.6) is 0 Å². The van der Waals surface area contributed by atoms with E-state index in [1.54, 1.807) is 0 Å². The average Bonchev–Trinajstić information content (AvgIpc) is 3.14. The molecule has 3 rings (SSSR count). The van der Waals surface area contributed by atoms with Crippen molar-refractivity contribution in [1.29, 1.82) is 0 Å². The second-order valence-corrected chi connectivity index (χ2v) is 5.91. The Morgan fingerprint density at radius 2 is 1.94 bits per heavy atom. The van der Waals surface area contributed by atoms with Crippen molar-refractivity contribution in [2.45, 2.75) is 31.3 Å². The number of likely N-dealkylation sites (N-methyl/N-ethyl adjacent to an activating group) is 1. The third-order valence-corrected chi connectivity index (χ3v) is 4.47. The lowest BCUT2D eigenvalue weighted by atomic mass is 9.89. The van der Waals surface area contributed by atoms with Gasteiger partial charge >= 0.3 is 0 Å². The molecule has 1 aliphatic carbocycles. The molecule has 2 fully saturated rings. The average molecular weight is 230 g/mol. The maximum atomic E-state index is 3.79. The van der Waals surface area contributed by atoms with Crippen molar-refractivity contribution in [3.63, 3.8) is 0 Å². The minimum atomic E-state index is 0.347. The fraction of sp³-hybridized carbons (Fsp3) is 0.600. The first-order valence-electron chi connectivity index (χ1n) is 6.69. The molecule has 1 aromatic carbocycles. The van der Waals surface area contributed by atoms with Gasteiger partial charge in [-0.15, -0.1) is 0 Å². The van der Waals surface area contributed by atoms with E-state index in [4.69, 9.17) is 0 Å². The lowest BCUT2D eigenvalue weighted by Gasteiger charge is -2.45. The summed E-state index contributed by atoms with van der Waals surface area (Å²) in [6.45, 7) is 4.63. The lowest BCUT2D eigenvalue weighted by molar-refractivity contribution is 0.0988. The van der Waals surface area contributed by atoms with Crippen LogP contribution in [0.4, 0.5) is 0 Å². The number of hydrogen-bond acceptors (Lipinski definition) is 2. The van der Waals surface area contributed by atoms with Gasteiger partial charge in [-0.1, -0.05) is 30.3 Å². The Balaban J connectivity index is 1.74. The maximum Gasteiger partial charge on any atom is 0.0470 e. The van der Waals surface area contributed by atoms with E-state index in [9.17, 15) is 0 Å². The van der Waals surface area contributed by atoms with Crippen LogP contribution in [0, 0.1) is 5.92 Å². The van der Waals surface area contributed by atoms with Crippen LogP contribution in [-0.4, -0.2) is 30.6 Å². The van der Waals surface area contributed by atoms with Gasteiger partial charge in [0.15, 0.2) is 0 Å². The summed E-state index contributed by atoms with van der Waals surface area (Å²) in [7, 11) is 2.26. The van der Waals surface area contributed by atoms with Crippen molar-refractivity contribution < 1.29 is 0 Å². The van der Waals surface area contributed by atoms with Crippen molar-refractivity contribution in [2.75, 3.05) is 20.1 Å². The fourth-order valence-corrected chi connectivity index (χ4v) is 3.21. The van der Waals surface area contributed by atoms with Crippen LogP contribution in [0.25, 0.3) is 0 Å². The van der Waals surface area contributed by atoms with E-state index < -0.39 is 0 Å². The summed E-state index contributed by atoms with van der Waals surface area (Å²) in [6, 6.07) is 11.4. The fourth-order valence-electron chi connectivity index (χ4n) is 3.21. The minimum absolute atomic E-state index is 0.347. The number of nitrogens with zero attached hydrogens (tertiary/aromatic N) is 1. The summed E-state index contributed by atoms with van der Waals surface area (Å²) in [5, 5.41) is 3.79. The quantitative estimate of drug-likeness (QED) is 0.839. The van der Waals surface area contributed by atoms with E-state index in [0.29, 0.717) is 11.6 Å². The first kappa shape index (κ1) is 11.2. The van der Waals surface area contributed by atoms with Crippen molar-refractivity contribution in [1.82, 2.24) is 10.2 Å². The number of nitrogens with one attached hydrogen (secondary N) is 1. The molecule has 2 aliphatic rings. The topological polar surface area (TPSA) is 15.3 Å². The van der Waals surface area contributed by atoms with Crippen LogP contribution < -0.4 is 5.32 Å². The zero-order valence-electron chi connectivity index (χ0n) is 10.8. The van der Waals surface area contributed by atoms with Gasteiger partial charge in [-0.3, -0.25) is 4.90 Å². The highest BCUT2D eigenvalue weighted by molar-refractivity contribution is 5.21. The normalized spacial score (nSPS) is 34.8. The predicted molar refractivity (Wildman–Crippen MR) is 70.9 cm³/mol. The second kappa shape index (κ2) is 4.11. The molecule has 0 aromatic heterocycles. The number of rotatable bonds is 2. The molecule has 2 atom stereocenters. The van der Waals surface area contributed by atoms with Crippen LogP contribution in [0.15, 0.2) is 30.3 Å². The molecule has 0 spiro atoms. The standard InChI is InChI=1S/C15H22N2/c1-15(13-8-9-13)11-17(2)14(10-16-15)12-6-4-3-5-7-12/h3-7,13-14,16H,8-11H2,1-2H3. The van der Waals surface area contributed by atoms with Gasteiger partial charge in [-0.05, 0) is 38.3 Å². The van der Waals surface area contributed by atoms with Gasteiger partial charge in [0.1, 0.15) is 0 Å².